The number of hydrogen-bond acceptors (Lipinski definition) is 4. The molecule has 0 spiro atoms. The predicted octanol–water partition coefficient (Wildman–Crippen LogP) is 2.04. The fraction of sp³-hybridized carbons (Fsp3) is 0.857. The largest absolute Gasteiger partial charge is 0.393 e. The number of carbonyl (C=O) groups excluding carboxylic acids is 2. The maximum Gasteiger partial charge on any atom is 0.314 e. The smallest absolute Gasteiger partial charge is 0.314 e. The molecule has 2 bridgehead atoms. The van der Waals surface area contributed by atoms with Crippen LogP contribution < -0.4 is 0 Å². The number of hydrogen-bond donors (Lipinski definition) is 1. The van der Waals surface area contributed by atoms with Crippen molar-refractivity contribution in [2.24, 2.45) is 16.7 Å². The number of carbonyl (C=O) groups is 2. The van der Waals surface area contributed by atoms with Crippen molar-refractivity contribution in [3.8, 4) is 0 Å². The van der Waals surface area contributed by atoms with Gasteiger partial charge in [0.1, 0.15) is 0 Å². The van der Waals surface area contributed by atoms with E-state index in [0.717, 1.165) is 12.3 Å². The van der Waals surface area contributed by atoms with Crippen LogP contribution >= 0.6 is 0 Å². The van der Waals surface area contributed by atoms with Crippen LogP contribution in [0.5, 0.6) is 0 Å². The number of esters is 2. The lowest BCUT2D eigenvalue weighted by atomic mass is 9.70. The van der Waals surface area contributed by atoms with Gasteiger partial charge in [0, 0.05) is 0 Å². The summed E-state index contributed by atoms with van der Waals surface area (Å²) in [5, 5.41) is 9.81. The lowest BCUT2D eigenvalue weighted by molar-refractivity contribution is -0.151. The molecule has 3 aliphatic rings. The Morgan fingerprint density at radius 3 is 1.89 bits per heavy atom. The van der Waals surface area contributed by atoms with Gasteiger partial charge in [-0.2, -0.15) is 0 Å². The molecular weight excluding hydrogens is 232 g/mol. The third-order valence-corrected chi connectivity index (χ3v) is 5.51. The number of ether oxygens (including phenoxy) is 1. The van der Waals surface area contributed by atoms with E-state index in [4.69, 9.17) is 0 Å². The van der Waals surface area contributed by atoms with E-state index >= 15 is 0 Å². The van der Waals surface area contributed by atoms with E-state index in [0.29, 0.717) is 5.41 Å². The Balaban J connectivity index is 0.000000149. The molecule has 3 fully saturated rings. The molecule has 3 atom stereocenters. The first-order valence-corrected chi connectivity index (χ1v) is 6.69. The molecular formula is C14H22O4. The molecule has 0 aromatic carbocycles. The van der Waals surface area contributed by atoms with Crippen LogP contribution in [0.15, 0.2) is 0 Å². The number of aliphatic hydroxyl groups is 1. The first-order valence-electron chi connectivity index (χ1n) is 6.69. The molecule has 18 heavy (non-hydrogen) atoms. The summed E-state index contributed by atoms with van der Waals surface area (Å²) in [7, 11) is 0. The van der Waals surface area contributed by atoms with Crippen molar-refractivity contribution < 1.29 is 19.4 Å². The first kappa shape index (κ1) is 13.5. The molecule has 102 valence electrons. The van der Waals surface area contributed by atoms with Gasteiger partial charge in [-0.3, -0.25) is 9.59 Å². The lowest BCUT2D eigenvalue weighted by Gasteiger charge is -2.36. The van der Waals surface area contributed by atoms with Crippen molar-refractivity contribution in [2.45, 2.75) is 59.0 Å². The molecule has 2 saturated carbocycles. The highest BCUT2D eigenvalue weighted by Crippen LogP contribution is 2.65. The van der Waals surface area contributed by atoms with Crippen LogP contribution in [-0.4, -0.2) is 23.1 Å². The van der Waals surface area contributed by atoms with Crippen molar-refractivity contribution in [2.75, 3.05) is 0 Å². The standard InChI is InChI=1S/C10H18O.C4H4O3/c1-9(2)7-4-5-10(9,3)8(11)6-7;5-3-1-2-4(6)7-3/h7-8,11H,4-6H2,1-3H3;1-2H2. The van der Waals surface area contributed by atoms with E-state index in [1.54, 1.807) is 0 Å². The van der Waals surface area contributed by atoms with Gasteiger partial charge in [0.2, 0.25) is 0 Å². The third-order valence-electron chi connectivity index (χ3n) is 5.51. The molecule has 4 heteroatoms. The summed E-state index contributed by atoms with van der Waals surface area (Å²) in [6.07, 6.45) is 4.10. The van der Waals surface area contributed by atoms with E-state index in [1.165, 1.54) is 12.8 Å². The van der Waals surface area contributed by atoms with Crippen molar-refractivity contribution in [3.05, 3.63) is 0 Å². The van der Waals surface area contributed by atoms with Gasteiger partial charge in [-0.05, 0) is 36.0 Å². The van der Waals surface area contributed by atoms with Crippen LogP contribution in [0.3, 0.4) is 0 Å². The van der Waals surface area contributed by atoms with Crippen LogP contribution in [0.25, 0.3) is 0 Å². The Morgan fingerprint density at radius 2 is 1.72 bits per heavy atom. The van der Waals surface area contributed by atoms with Crippen molar-refractivity contribution in [1.29, 1.82) is 0 Å². The van der Waals surface area contributed by atoms with Crippen molar-refractivity contribution >= 4 is 11.9 Å². The maximum atomic E-state index is 10.0. The van der Waals surface area contributed by atoms with E-state index in [9.17, 15) is 14.7 Å². The summed E-state index contributed by atoms with van der Waals surface area (Å²) in [6.45, 7) is 6.90. The minimum Gasteiger partial charge on any atom is -0.393 e. The van der Waals surface area contributed by atoms with Gasteiger partial charge >= 0.3 is 11.9 Å². The van der Waals surface area contributed by atoms with Gasteiger partial charge in [0.25, 0.3) is 0 Å². The molecule has 0 amide bonds. The molecule has 0 aromatic heterocycles. The Kier molecular flexibility index (Phi) is 3.26. The number of aliphatic hydroxyl groups excluding tert-OH is 1. The molecule has 2 aliphatic carbocycles. The number of fused-ring (bicyclic) bond motifs is 2. The second-order valence-corrected chi connectivity index (χ2v) is 6.47. The van der Waals surface area contributed by atoms with E-state index in [2.05, 4.69) is 25.5 Å². The van der Waals surface area contributed by atoms with Gasteiger partial charge in [0.15, 0.2) is 0 Å². The molecule has 0 radical (unpaired) electrons. The van der Waals surface area contributed by atoms with E-state index < -0.39 is 11.9 Å². The van der Waals surface area contributed by atoms with Crippen LogP contribution in [0.1, 0.15) is 52.9 Å². The second kappa shape index (κ2) is 4.34. The minimum absolute atomic E-state index is 0.0313. The summed E-state index contributed by atoms with van der Waals surface area (Å²) in [5.41, 5.74) is 0.601. The average Bonchev–Trinajstić information content (AvgIpc) is 2.80. The Bertz CT molecular complexity index is 360. The molecule has 1 aliphatic heterocycles. The lowest BCUT2D eigenvalue weighted by Crippen LogP contribution is -2.35. The molecule has 1 heterocycles. The monoisotopic (exact) mass is 254 g/mol. The summed E-state index contributed by atoms with van der Waals surface area (Å²) in [6, 6.07) is 0. The second-order valence-electron chi connectivity index (χ2n) is 6.47. The van der Waals surface area contributed by atoms with Crippen LogP contribution in [0, 0.1) is 16.7 Å². The Labute approximate surface area is 108 Å². The zero-order chi connectivity index (χ0) is 13.6. The zero-order valence-corrected chi connectivity index (χ0v) is 11.4. The first-order chi connectivity index (χ1) is 8.27. The quantitative estimate of drug-likeness (QED) is 0.531. The van der Waals surface area contributed by atoms with E-state index in [-0.39, 0.29) is 24.4 Å². The number of cyclic esters (lactones) is 2. The highest BCUT2D eigenvalue weighted by atomic mass is 16.6. The highest BCUT2D eigenvalue weighted by Gasteiger charge is 2.60. The molecule has 3 unspecified atom stereocenters. The van der Waals surface area contributed by atoms with Gasteiger partial charge < -0.3 is 9.84 Å². The Hall–Kier alpha value is -0.900. The minimum atomic E-state index is -0.398. The topological polar surface area (TPSA) is 63.6 Å². The van der Waals surface area contributed by atoms with Crippen LogP contribution in [-0.2, 0) is 14.3 Å². The van der Waals surface area contributed by atoms with Gasteiger partial charge in [-0.1, -0.05) is 20.8 Å². The van der Waals surface area contributed by atoms with Crippen LogP contribution in [0.2, 0.25) is 0 Å². The number of rotatable bonds is 0. The van der Waals surface area contributed by atoms with Gasteiger partial charge in [0.05, 0.1) is 18.9 Å². The van der Waals surface area contributed by atoms with Crippen molar-refractivity contribution in [3.63, 3.8) is 0 Å². The zero-order valence-electron chi connectivity index (χ0n) is 11.4. The predicted molar refractivity (Wildman–Crippen MR) is 65.6 cm³/mol. The van der Waals surface area contributed by atoms with Crippen molar-refractivity contribution in [1.82, 2.24) is 0 Å². The Morgan fingerprint density at radius 1 is 1.17 bits per heavy atom. The summed E-state index contributed by atoms with van der Waals surface area (Å²) in [4.78, 5) is 20.0. The molecule has 1 N–H and O–H groups in total. The highest BCUT2D eigenvalue weighted by molar-refractivity contribution is 5.92. The fourth-order valence-electron chi connectivity index (χ4n) is 3.59. The maximum absolute atomic E-state index is 10.0. The SMILES string of the molecule is CC1(C)C2CCC1(C)C(O)C2.O=C1CCC(=O)O1. The van der Waals surface area contributed by atoms with E-state index in [1.807, 2.05) is 0 Å². The fourth-order valence-corrected chi connectivity index (χ4v) is 3.59. The summed E-state index contributed by atoms with van der Waals surface area (Å²) in [5.74, 6) is -0.0162. The normalized spacial score (nSPS) is 40.4. The van der Waals surface area contributed by atoms with Gasteiger partial charge in [-0.15, -0.1) is 0 Å². The molecule has 1 saturated heterocycles. The third kappa shape index (κ3) is 1.96. The molecule has 0 aromatic rings. The van der Waals surface area contributed by atoms with Gasteiger partial charge in [-0.25, -0.2) is 0 Å². The molecule has 3 rings (SSSR count). The summed E-state index contributed by atoms with van der Waals surface area (Å²) >= 11 is 0. The van der Waals surface area contributed by atoms with Crippen LogP contribution in [0.4, 0.5) is 0 Å². The average molecular weight is 254 g/mol. The molecule has 4 nitrogen and oxygen atoms in total. The summed E-state index contributed by atoms with van der Waals surface area (Å²) < 4.78 is 4.08.